The van der Waals surface area contributed by atoms with E-state index in [4.69, 9.17) is 16.3 Å². The molecule has 16 heavy (non-hydrogen) atoms. The number of benzene rings is 1. The molecule has 0 aliphatic carbocycles. The molecular formula is C11H9ClF2O2. The molecule has 1 aliphatic heterocycles. The van der Waals surface area contributed by atoms with Gasteiger partial charge in [-0.25, -0.2) is 8.78 Å². The summed E-state index contributed by atoms with van der Waals surface area (Å²) < 4.78 is 31.2. The third kappa shape index (κ3) is 2.23. The molecule has 0 amide bonds. The number of halogens is 3. The summed E-state index contributed by atoms with van der Waals surface area (Å²) in [5, 5.41) is 0.0820. The molecule has 0 radical (unpaired) electrons. The lowest BCUT2D eigenvalue weighted by Crippen LogP contribution is -2.19. The lowest BCUT2D eigenvalue weighted by atomic mass is 10.0. The van der Waals surface area contributed by atoms with Crippen molar-refractivity contribution in [3.8, 4) is 0 Å². The topological polar surface area (TPSA) is 26.3 Å². The quantitative estimate of drug-likeness (QED) is 0.712. The minimum Gasteiger partial charge on any atom is -0.373 e. The number of Topliss-reactive ketones (excluding diaryl/α,β-unsaturated/α-hetero) is 1. The average molecular weight is 247 g/mol. The van der Waals surface area contributed by atoms with Gasteiger partial charge in [-0.2, -0.15) is 0 Å². The molecule has 0 saturated carbocycles. The summed E-state index contributed by atoms with van der Waals surface area (Å²) in [6.07, 6.45) is -0.0494. The first-order chi connectivity index (χ1) is 7.58. The van der Waals surface area contributed by atoms with E-state index in [-0.39, 0.29) is 17.2 Å². The highest BCUT2D eigenvalue weighted by Gasteiger charge is 2.24. The molecule has 0 aromatic heterocycles. The van der Waals surface area contributed by atoms with Gasteiger partial charge in [-0.1, -0.05) is 11.6 Å². The van der Waals surface area contributed by atoms with Crippen molar-refractivity contribution in [1.82, 2.24) is 0 Å². The molecule has 1 aromatic rings. The lowest BCUT2D eigenvalue weighted by Gasteiger charge is -2.23. The van der Waals surface area contributed by atoms with Crippen LogP contribution in [0.25, 0.3) is 0 Å². The van der Waals surface area contributed by atoms with Crippen LogP contribution >= 0.6 is 11.6 Å². The summed E-state index contributed by atoms with van der Waals surface area (Å²) in [4.78, 5) is 11.2. The lowest BCUT2D eigenvalue weighted by molar-refractivity contribution is -0.128. The summed E-state index contributed by atoms with van der Waals surface area (Å²) in [7, 11) is 0. The Bertz CT molecular complexity index is 434. The van der Waals surface area contributed by atoms with E-state index in [1.807, 2.05) is 0 Å². The SMILES string of the molecule is O=C1CCOC(c2cc(F)c(F)cc2Cl)C1. The molecule has 1 unspecified atom stereocenters. The van der Waals surface area contributed by atoms with Crippen LogP contribution in [-0.2, 0) is 9.53 Å². The fourth-order valence-electron chi connectivity index (χ4n) is 1.67. The molecule has 0 spiro atoms. The van der Waals surface area contributed by atoms with Crippen molar-refractivity contribution in [2.24, 2.45) is 0 Å². The molecule has 86 valence electrons. The molecule has 0 N–H and O–H groups in total. The third-order valence-corrected chi connectivity index (χ3v) is 2.83. The number of hydrogen-bond donors (Lipinski definition) is 0. The third-order valence-electron chi connectivity index (χ3n) is 2.50. The van der Waals surface area contributed by atoms with Gasteiger partial charge in [0.2, 0.25) is 0 Å². The molecule has 1 saturated heterocycles. The Morgan fingerprint density at radius 1 is 1.31 bits per heavy atom. The minimum absolute atomic E-state index is 0.0389. The molecule has 2 nitrogen and oxygen atoms in total. The fourth-order valence-corrected chi connectivity index (χ4v) is 1.94. The Balaban J connectivity index is 2.32. The largest absolute Gasteiger partial charge is 0.373 e. The summed E-state index contributed by atoms with van der Waals surface area (Å²) in [6, 6.07) is 1.88. The number of carbonyl (C=O) groups excluding carboxylic acids is 1. The van der Waals surface area contributed by atoms with Crippen LogP contribution in [0.3, 0.4) is 0 Å². The number of hydrogen-bond acceptors (Lipinski definition) is 2. The molecule has 1 heterocycles. The first kappa shape index (κ1) is 11.5. The van der Waals surface area contributed by atoms with Crippen molar-refractivity contribution < 1.29 is 18.3 Å². The van der Waals surface area contributed by atoms with Crippen LogP contribution < -0.4 is 0 Å². The van der Waals surface area contributed by atoms with Crippen LogP contribution in [0.2, 0.25) is 5.02 Å². The van der Waals surface area contributed by atoms with Gasteiger partial charge in [0.25, 0.3) is 0 Å². The van der Waals surface area contributed by atoms with E-state index < -0.39 is 17.7 Å². The van der Waals surface area contributed by atoms with E-state index in [0.29, 0.717) is 18.6 Å². The van der Waals surface area contributed by atoms with Crippen molar-refractivity contribution in [1.29, 1.82) is 0 Å². The number of ether oxygens (including phenoxy) is 1. The van der Waals surface area contributed by atoms with Crippen molar-refractivity contribution in [2.75, 3.05) is 6.61 Å². The zero-order valence-electron chi connectivity index (χ0n) is 8.30. The smallest absolute Gasteiger partial charge is 0.160 e. The highest BCUT2D eigenvalue weighted by Crippen LogP contribution is 2.32. The molecule has 0 bridgehead atoms. The van der Waals surface area contributed by atoms with Gasteiger partial charge in [-0.15, -0.1) is 0 Å². The Labute approximate surface area is 96.2 Å². The Morgan fingerprint density at radius 3 is 2.69 bits per heavy atom. The van der Waals surface area contributed by atoms with Gasteiger partial charge in [-0.3, -0.25) is 4.79 Å². The Kier molecular flexibility index (Phi) is 3.21. The van der Waals surface area contributed by atoms with Crippen molar-refractivity contribution in [2.45, 2.75) is 18.9 Å². The first-order valence-corrected chi connectivity index (χ1v) is 5.23. The highest BCUT2D eigenvalue weighted by molar-refractivity contribution is 6.31. The maximum Gasteiger partial charge on any atom is 0.160 e. The van der Waals surface area contributed by atoms with Gasteiger partial charge in [0.05, 0.1) is 12.7 Å². The maximum atomic E-state index is 13.0. The second-order valence-electron chi connectivity index (χ2n) is 3.64. The van der Waals surface area contributed by atoms with Crippen LogP contribution in [0.5, 0.6) is 0 Å². The Hall–Kier alpha value is -1.00. The standard InChI is InChI=1S/C11H9ClF2O2/c12-8-5-10(14)9(13)4-7(8)11-3-6(15)1-2-16-11/h4-5,11H,1-3H2. The predicted octanol–water partition coefficient (Wildman–Crippen LogP) is 3.04. The zero-order chi connectivity index (χ0) is 11.7. The van der Waals surface area contributed by atoms with E-state index >= 15 is 0 Å². The van der Waals surface area contributed by atoms with E-state index in [2.05, 4.69) is 0 Å². The summed E-state index contributed by atoms with van der Waals surface area (Å²) in [5.74, 6) is -1.95. The molecular weight excluding hydrogens is 238 g/mol. The van der Waals surface area contributed by atoms with Gasteiger partial charge in [0.1, 0.15) is 5.78 Å². The van der Waals surface area contributed by atoms with Crippen LogP contribution in [0, 0.1) is 11.6 Å². The number of rotatable bonds is 1. The molecule has 1 atom stereocenters. The predicted molar refractivity (Wildman–Crippen MR) is 54.3 cm³/mol. The number of ketones is 1. The van der Waals surface area contributed by atoms with Crippen molar-refractivity contribution in [3.05, 3.63) is 34.4 Å². The minimum atomic E-state index is -1.00. The summed E-state index contributed by atoms with van der Waals surface area (Å²) in [5.41, 5.74) is 0.327. The van der Waals surface area contributed by atoms with Gasteiger partial charge in [-0.05, 0) is 12.1 Å². The van der Waals surface area contributed by atoms with E-state index in [9.17, 15) is 13.6 Å². The number of carbonyl (C=O) groups is 1. The average Bonchev–Trinajstić information content (AvgIpc) is 2.23. The van der Waals surface area contributed by atoms with E-state index in [1.165, 1.54) is 0 Å². The van der Waals surface area contributed by atoms with Gasteiger partial charge >= 0.3 is 0 Å². The van der Waals surface area contributed by atoms with Crippen LogP contribution in [-0.4, -0.2) is 12.4 Å². The van der Waals surface area contributed by atoms with Gasteiger partial charge in [0, 0.05) is 23.4 Å². The van der Waals surface area contributed by atoms with Crippen molar-refractivity contribution in [3.63, 3.8) is 0 Å². The van der Waals surface area contributed by atoms with Gasteiger partial charge in [0.15, 0.2) is 11.6 Å². The zero-order valence-corrected chi connectivity index (χ0v) is 9.06. The monoisotopic (exact) mass is 246 g/mol. The second kappa shape index (κ2) is 4.47. The first-order valence-electron chi connectivity index (χ1n) is 4.85. The molecule has 2 rings (SSSR count). The van der Waals surface area contributed by atoms with Gasteiger partial charge < -0.3 is 4.74 Å². The summed E-state index contributed by atoms with van der Waals surface area (Å²) in [6.45, 7) is 0.291. The van der Waals surface area contributed by atoms with E-state index in [1.54, 1.807) is 0 Å². The second-order valence-corrected chi connectivity index (χ2v) is 4.05. The summed E-state index contributed by atoms with van der Waals surface area (Å²) >= 11 is 5.78. The maximum absolute atomic E-state index is 13.0. The van der Waals surface area contributed by atoms with E-state index in [0.717, 1.165) is 12.1 Å². The van der Waals surface area contributed by atoms with Crippen LogP contribution in [0.4, 0.5) is 8.78 Å². The highest BCUT2D eigenvalue weighted by atomic mass is 35.5. The molecule has 1 aromatic carbocycles. The van der Waals surface area contributed by atoms with Crippen molar-refractivity contribution >= 4 is 17.4 Å². The molecule has 1 aliphatic rings. The molecule has 5 heteroatoms. The fraction of sp³-hybridized carbons (Fsp3) is 0.364. The van der Waals surface area contributed by atoms with Crippen LogP contribution in [0.1, 0.15) is 24.5 Å². The molecule has 1 fully saturated rings. The normalized spacial score (nSPS) is 21.2. The Morgan fingerprint density at radius 2 is 2.00 bits per heavy atom. The van der Waals surface area contributed by atoms with Crippen LogP contribution in [0.15, 0.2) is 12.1 Å².